The molecule has 0 radical (unpaired) electrons. The van der Waals surface area contributed by atoms with Gasteiger partial charge >= 0.3 is 0 Å². The second kappa shape index (κ2) is 7.89. The van der Waals surface area contributed by atoms with E-state index in [1.54, 1.807) is 30.2 Å². The molecule has 3 rings (SSSR count). The predicted octanol–water partition coefficient (Wildman–Crippen LogP) is 2.45. The van der Waals surface area contributed by atoms with E-state index in [9.17, 15) is 9.90 Å². The molecule has 1 fully saturated rings. The van der Waals surface area contributed by atoms with E-state index in [2.05, 4.69) is 0 Å². The van der Waals surface area contributed by atoms with Gasteiger partial charge in [0.2, 0.25) is 0 Å². The Morgan fingerprint density at radius 2 is 2.08 bits per heavy atom. The molecule has 1 saturated heterocycles. The lowest BCUT2D eigenvalue weighted by molar-refractivity contribution is -0.123. The summed E-state index contributed by atoms with van der Waals surface area (Å²) in [5.74, 6) is 0.576. The fourth-order valence-corrected chi connectivity index (χ4v) is 3.37. The van der Waals surface area contributed by atoms with Crippen LogP contribution in [0.4, 0.5) is 0 Å². The molecular formula is C21H25NO4. The van der Waals surface area contributed by atoms with E-state index in [1.165, 1.54) is 0 Å². The van der Waals surface area contributed by atoms with Crippen molar-refractivity contribution in [1.82, 2.24) is 4.90 Å². The van der Waals surface area contributed by atoms with Crippen molar-refractivity contribution in [2.24, 2.45) is 0 Å². The van der Waals surface area contributed by atoms with E-state index >= 15 is 0 Å². The molecule has 1 heterocycles. The maximum absolute atomic E-state index is 12.9. The molecule has 1 atom stereocenters. The number of hydrogen-bond donors (Lipinski definition) is 1. The first kappa shape index (κ1) is 18.4. The number of carbonyl (C=O) groups is 1. The van der Waals surface area contributed by atoms with E-state index < -0.39 is 5.60 Å². The van der Waals surface area contributed by atoms with Crippen LogP contribution in [0.25, 0.3) is 0 Å². The summed E-state index contributed by atoms with van der Waals surface area (Å²) in [5.41, 5.74) is 2.07. The Morgan fingerprint density at radius 3 is 2.81 bits per heavy atom. The smallest absolute Gasteiger partial charge is 0.254 e. The van der Waals surface area contributed by atoms with Crippen molar-refractivity contribution in [2.45, 2.75) is 18.9 Å². The molecule has 0 bridgehead atoms. The molecular weight excluding hydrogens is 330 g/mol. The number of hydrogen-bond acceptors (Lipinski definition) is 4. The van der Waals surface area contributed by atoms with Gasteiger partial charge in [-0.2, -0.15) is 0 Å². The summed E-state index contributed by atoms with van der Waals surface area (Å²) in [6, 6.07) is 15.2. The van der Waals surface area contributed by atoms with Crippen molar-refractivity contribution in [3.05, 3.63) is 65.2 Å². The van der Waals surface area contributed by atoms with Gasteiger partial charge in [-0.15, -0.1) is 0 Å². The Hall–Kier alpha value is -2.37. The number of ether oxygens (including phenoxy) is 2. The number of benzene rings is 2. The Kier molecular flexibility index (Phi) is 5.59. The molecule has 0 aromatic heterocycles. The zero-order valence-corrected chi connectivity index (χ0v) is 15.3. The summed E-state index contributed by atoms with van der Waals surface area (Å²) in [6.07, 6.45) is 0.568. The molecule has 2 aromatic carbocycles. The first-order chi connectivity index (χ1) is 12.6. The molecule has 138 valence electrons. The van der Waals surface area contributed by atoms with Crippen LogP contribution in [0.2, 0.25) is 0 Å². The Balaban J connectivity index is 1.80. The van der Waals surface area contributed by atoms with E-state index in [-0.39, 0.29) is 12.5 Å². The fraction of sp³-hybridized carbons (Fsp3) is 0.381. The van der Waals surface area contributed by atoms with Crippen molar-refractivity contribution in [3.63, 3.8) is 0 Å². The van der Waals surface area contributed by atoms with Crippen LogP contribution in [0.15, 0.2) is 48.5 Å². The third-order valence-electron chi connectivity index (χ3n) is 4.91. The van der Waals surface area contributed by atoms with Crippen molar-refractivity contribution < 1.29 is 19.4 Å². The second-order valence-electron chi connectivity index (χ2n) is 6.75. The summed E-state index contributed by atoms with van der Waals surface area (Å²) >= 11 is 0. The number of carbonyl (C=O) groups excluding carboxylic acids is 1. The zero-order valence-electron chi connectivity index (χ0n) is 15.3. The minimum Gasteiger partial charge on any atom is -0.497 e. The van der Waals surface area contributed by atoms with Gasteiger partial charge in [-0.05, 0) is 36.2 Å². The molecule has 0 unspecified atom stereocenters. The van der Waals surface area contributed by atoms with Crippen molar-refractivity contribution in [1.29, 1.82) is 0 Å². The Labute approximate surface area is 154 Å². The third kappa shape index (κ3) is 3.89. The average Bonchev–Trinajstić information content (AvgIpc) is 2.69. The normalized spacial score (nSPS) is 20.0. The number of aryl methyl sites for hydroxylation is 1. The van der Waals surface area contributed by atoms with Crippen molar-refractivity contribution >= 4 is 5.91 Å². The summed E-state index contributed by atoms with van der Waals surface area (Å²) in [7, 11) is 1.58. The summed E-state index contributed by atoms with van der Waals surface area (Å²) in [5, 5.41) is 10.1. The SMILES string of the molecule is COc1cccc(C(=O)N2CCO[C@@](CO)(Cc3ccccc3C)C2)c1. The van der Waals surface area contributed by atoms with Gasteiger partial charge in [0.1, 0.15) is 11.4 Å². The van der Waals surface area contributed by atoms with Crippen LogP contribution in [-0.4, -0.2) is 54.9 Å². The van der Waals surface area contributed by atoms with Gasteiger partial charge in [0.25, 0.3) is 5.91 Å². The van der Waals surface area contributed by atoms with Crippen LogP contribution in [0.3, 0.4) is 0 Å². The van der Waals surface area contributed by atoms with E-state index in [1.807, 2.05) is 37.3 Å². The predicted molar refractivity (Wildman–Crippen MR) is 99.5 cm³/mol. The first-order valence-electron chi connectivity index (χ1n) is 8.79. The number of morpholine rings is 1. The molecule has 1 aliphatic rings. The average molecular weight is 355 g/mol. The van der Waals surface area contributed by atoms with Crippen LogP contribution in [0.5, 0.6) is 5.75 Å². The van der Waals surface area contributed by atoms with Crippen LogP contribution < -0.4 is 4.74 Å². The lowest BCUT2D eigenvalue weighted by Gasteiger charge is -2.42. The van der Waals surface area contributed by atoms with E-state index in [0.29, 0.717) is 37.4 Å². The molecule has 2 aromatic rings. The van der Waals surface area contributed by atoms with Gasteiger partial charge < -0.3 is 19.5 Å². The zero-order chi connectivity index (χ0) is 18.6. The van der Waals surface area contributed by atoms with Crippen molar-refractivity contribution in [3.8, 4) is 5.75 Å². The largest absolute Gasteiger partial charge is 0.497 e. The Bertz CT molecular complexity index is 776. The second-order valence-corrected chi connectivity index (χ2v) is 6.75. The lowest BCUT2D eigenvalue weighted by atomic mass is 9.90. The van der Waals surface area contributed by atoms with Crippen LogP contribution in [0, 0.1) is 6.92 Å². The van der Waals surface area contributed by atoms with Gasteiger partial charge in [-0.1, -0.05) is 30.3 Å². The lowest BCUT2D eigenvalue weighted by Crippen LogP contribution is -2.56. The molecule has 0 aliphatic carbocycles. The quantitative estimate of drug-likeness (QED) is 0.895. The highest BCUT2D eigenvalue weighted by Gasteiger charge is 2.38. The number of nitrogens with zero attached hydrogens (tertiary/aromatic N) is 1. The molecule has 5 heteroatoms. The van der Waals surface area contributed by atoms with Gasteiger partial charge in [0, 0.05) is 18.5 Å². The van der Waals surface area contributed by atoms with Crippen LogP contribution in [0.1, 0.15) is 21.5 Å². The highest BCUT2D eigenvalue weighted by Crippen LogP contribution is 2.26. The maximum atomic E-state index is 12.9. The van der Waals surface area contributed by atoms with Crippen LogP contribution in [-0.2, 0) is 11.2 Å². The third-order valence-corrected chi connectivity index (χ3v) is 4.91. The molecule has 0 saturated carbocycles. The maximum Gasteiger partial charge on any atom is 0.254 e. The Morgan fingerprint density at radius 1 is 1.27 bits per heavy atom. The fourth-order valence-electron chi connectivity index (χ4n) is 3.37. The highest BCUT2D eigenvalue weighted by atomic mass is 16.5. The number of aliphatic hydroxyl groups is 1. The standard InChI is InChI=1S/C21H25NO4/c1-16-6-3-4-7-18(16)13-21(15-23)14-22(10-11-26-21)20(24)17-8-5-9-19(12-17)25-2/h3-9,12,23H,10-11,13-15H2,1-2H3/t21-/m0/s1. The molecule has 1 amide bonds. The summed E-state index contributed by atoms with van der Waals surface area (Å²) in [6.45, 7) is 3.17. The monoisotopic (exact) mass is 355 g/mol. The first-order valence-corrected chi connectivity index (χ1v) is 8.79. The number of amides is 1. The molecule has 5 nitrogen and oxygen atoms in total. The van der Waals surface area contributed by atoms with Gasteiger partial charge in [0.15, 0.2) is 0 Å². The van der Waals surface area contributed by atoms with Gasteiger partial charge in [-0.3, -0.25) is 4.79 Å². The summed E-state index contributed by atoms with van der Waals surface area (Å²) < 4.78 is 11.2. The van der Waals surface area contributed by atoms with Gasteiger partial charge in [-0.25, -0.2) is 0 Å². The van der Waals surface area contributed by atoms with Crippen molar-refractivity contribution in [2.75, 3.05) is 33.4 Å². The molecule has 0 spiro atoms. The van der Waals surface area contributed by atoms with Gasteiger partial charge in [0.05, 0.1) is 26.9 Å². The highest BCUT2D eigenvalue weighted by molar-refractivity contribution is 5.94. The topological polar surface area (TPSA) is 59.0 Å². The number of methoxy groups -OCH3 is 1. The minimum absolute atomic E-state index is 0.0743. The number of rotatable bonds is 5. The number of aliphatic hydroxyl groups excluding tert-OH is 1. The van der Waals surface area contributed by atoms with E-state index in [0.717, 1.165) is 11.1 Å². The van der Waals surface area contributed by atoms with E-state index in [4.69, 9.17) is 9.47 Å². The van der Waals surface area contributed by atoms with Crippen LogP contribution >= 0.6 is 0 Å². The molecule has 1 aliphatic heterocycles. The molecule has 1 N–H and O–H groups in total. The summed E-state index contributed by atoms with van der Waals surface area (Å²) in [4.78, 5) is 14.7. The minimum atomic E-state index is -0.779. The molecule has 26 heavy (non-hydrogen) atoms.